The van der Waals surface area contributed by atoms with E-state index in [0.29, 0.717) is 17.5 Å². The third kappa shape index (κ3) is 4.02. The molecule has 9 heteroatoms. The highest BCUT2D eigenvalue weighted by Crippen LogP contribution is 2.40. The van der Waals surface area contributed by atoms with E-state index in [-0.39, 0.29) is 18.4 Å². The van der Waals surface area contributed by atoms with Crippen LogP contribution in [0.4, 0.5) is 5.69 Å². The number of rotatable bonds is 5. The van der Waals surface area contributed by atoms with Gasteiger partial charge in [0, 0.05) is 19.6 Å². The minimum atomic E-state index is -0.482. The Morgan fingerprint density at radius 1 is 1.00 bits per heavy atom. The standard InChI is InChI=1S/C25H28N6O2.ClH/c26-25(32)24-23-22(21(10-11-28-23)30-14-16-12-27-13-17(16)15-30)29-31(24)18-6-8-20(9-7-18)33-19-4-2-1-3-5-19;/h1-9,16-17,21,27-28H,10-15H2,(H2,26,32);1H. The number of hydrogen-bond acceptors (Lipinski definition) is 6. The monoisotopic (exact) mass is 480 g/mol. The second-order valence-electron chi connectivity index (χ2n) is 9.16. The summed E-state index contributed by atoms with van der Waals surface area (Å²) in [6.07, 6.45) is 0.971. The van der Waals surface area contributed by atoms with Crippen molar-refractivity contribution in [2.45, 2.75) is 12.5 Å². The van der Waals surface area contributed by atoms with E-state index in [4.69, 9.17) is 15.6 Å². The maximum Gasteiger partial charge on any atom is 0.269 e. The summed E-state index contributed by atoms with van der Waals surface area (Å²) in [6, 6.07) is 17.4. The lowest BCUT2D eigenvalue weighted by Crippen LogP contribution is -2.34. The number of nitrogens with two attached hydrogens (primary N) is 1. The lowest BCUT2D eigenvalue weighted by atomic mass is 10.0. The fourth-order valence-corrected chi connectivity index (χ4v) is 5.51. The summed E-state index contributed by atoms with van der Waals surface area (Å²) in [5, 5.41) is 11.8. The van der Waals surface area contributed by atoms with Gasteiger partial charge in [-0.25, -0.2) is 4.68 Å². The molecule has 1 amide bonds. The molecule has 3 aromatic rings. The van der Waals surface area contributed by atoms with Crippen LogP contribution in [-0.4, -0.2) is 53.3 Å². The molecule has 3 aliphatic rings. The van der Waals surface area contributed by atoms with Crippen LogP contribution in [0.3, 0.4) is 0 Å². The normalized spacial score (nSPS) is 23.5. The number of fused-ring (bicyclic) bond motifs is 2. The van der Waals surface area contributed by atoms with Gasteiger partial charge in [-0.3, -0.25) is 9.69 Å². The molecule has 34 heavy (non-hydrogen) atoms. The van der Waals surface area contributed by atoms with Gasteiger partial charge in [0.2, 0.25) is 0 Å². The summed E-state index contributed by atoms with van der Waals surface area (Å²) in [7, 11) is 0. The number of para-hydroxylation sites is 1. The largest absolute Gasteiger partial charge is 0.457 e. The van der Waals surface area contributed by atoms with Crippen LogP contribution in [0.25, 0.3) is 5.69 Å². The van der Waals surface area contributed by atoms with Gasteiger partial charge in [-0.2, -0.15) is 5.10 Å². The van der Waals surface area contributed by atoms with Gasteiger partial charge < -0.3 is 21.1 Å². The molecular weight excluding hydrogens is 452 g/mol. The molecule has 0 spiro atoms. The number of hydrogen-bond donors (Lipinski definition) is 3. The zero-order valence-corrected chi connectivity index (χ0v) is 19.6. The number of primary amides is 1. The smallest absolute Gasteiger partial charge is 0.269 e. The predicted molar refractivity (Wildman–Crippen MR) is 133 cm³/mol. The number of likely N-dealkylation sites (tertiary alicyclic amines) is 1. The molecule has 3 atom stereocenters. The van der Waals surface area contributed by atoms with E-state index < -0.39 is 5.91 Å². The molecule has 3 aliphatic heterocycles. The highest BCUT2D eigenvalue weighted by molar-refractivity contribution is 5.98. The third-order valence-corrected chi connectivity index (χ3v) is 7.10. The first-order valence-electron chi connectivity index (χ1n) is 11.6. The van der Waals surface area contributed by atoms with E-state index in [1.807, 2.05) is 54.6 Å². The van der Waals surface area contributed by atoms with Gasteiger partial charge >= 0.3 is 0 Å². The van der Waals surface area contributed by atoms with Gasteiger partial charge in [-0.15, -0.1) is 12.4 Å². The average Bonchev–Trinajstić information content (AvgIpc) is 3.53. The second kappa shape index (κ2) is 9.29. The summed E-state index contributed by atoms with van der Waals surface area (Å²) < 4.78 is 7.59. The molecule has 2 saturated heterocycles. The zero-order valence-electron chi connectivity index (χ0n) is 18.8. The first kappa shape index (κ1) is 22.7. The Morgan fingerprint density at radius 2 is 1.68 bits per heavy atom. The molecule has 4 N–H and O–H groups in total. The van der Waals surface area contributed by atoms with Crippen molar-refractivity contribution in [3.8, 4) is 17.2 Å². The first-order chi connectivity index (χ1) is 16.2. The molecule has 3 unspecified atom stereocenters. The molecule has 4 heterocycles. The molecule has 0 radical (unpaired) electrons. The molecular formula is C25H29ClN6O2. The number of nitrogens with zero attached hydrogens (tertiary/aromatic N) is 3. The van der Waals surface area contributed by atoms with Gasteiger partial charge in [0.05, 0.1) is 17.4 Å². The van der Waals surface area contributed by atoms with E-state index in [1.54, 1.807) is 4.68 Å². The number of carbonyl (C=O) groups excluding carboxylic acids is 1. The maximum absolute atomic E-state index is 12.5. The van der Waals surface area contributed by atoms with E-state index in [2.05, 4.69) is 15.5 Å². The third-order valence-electron chi connectivity index (χ3n) is 7.10. The minimum absolute atomic E-state index is 0. The van der Waals surface area contributed by atoms with Crippen molar-refractivity contribution in [1.82, 2.24) is 20.0 Å². The number of benzene rings is 2. The number of amides is 1. The zero-order chi connectivity index (χ0) is 22.4. The Labute approximate surface area is 204 Å². The Morgan fingerprint density at radius 3 is 2.35 bits per heavy atom. The van der Waals surface area contributed by atoms with Crippen molar-refractivity contribution < 1.29 is 9.53 Å². The van der Waals surface area contributed by atoms with Crippen molar-refractivity contribution in [2.24, 2.45) is 17.6 Å². The molecule has 6 rings (SSSR count). The molecule has 2 fully saturated rings. The van der Waals surface area contributed by atoms with E-state index in [9.17, 15) is 4.79 Å². The van der Waals surface area contributed by atoms with Gasteiger partial charge in [0.15, 0.2) is 5.69 Å². The molecule has 2 aromatic carbocycles. The summed E-state index contributed by atoms with van der Waals surface area (Å²) in [5.41, 5.74) is 8.73. The fourth-order valence-electron chi connectivity index (χ4n) is 5.51. The fraction of sp³-hybridized carbons (Fsp3) is 0.360. The maximum atomic E-state index is 12.5. The van der Waals surface area contributed by atoms with Crippen LogP contribution in [0.1, 0.15) is 28.6 Å². The number of nitrogens with one attached hydrogen (secondary N) is 2. The summed E-state index contributed by atoms with van der Waals surface area (Å²) in [4.78, 5) is 15.0. The summed E-state index contributed by atoms with van der Waals surface area (Å²) in [6.45, 7) is 5.14. The number of ether oxygens (including phenoxy) is 1. The van der Waals surface area contributed by atoms with Crippen LogP contribution >= 0.6 is 12.4 Å². The van der Waals surface area contributed by atoms with Gasteiger partial charge in [0.1, 0.15) is 17.2 Å². The van der Waals surface area contributed by atoms with Crippen molar-refractivity contribution >= 4 is 24.0 Å². The van der Waals surface area contributed by atoms with E-state index in [1.165, 1.54) is 0 Å². The first-order valence-corrected chi connectivity index (χ1v) is 11.6. The Balaban J connectivity index is 0.00000241. The highest BCUT2D eigenvalue weighted by Gasteiger charge is 2.42. The summed E-state index contributed by atoms with van der Waals surface area (Å²) in [5.74, 6) is 2.42. The molecule has 0 aliphatic carbocycles. The average molecular weight is 481 g/mol. The van der Waals surface area contributed by atoms with Crippen LogP contribution in [0.5, 0.6) is 11.5 Å². The van der Waals surface area contributed by atoms with Crippen LogP contribution < -0.4 is 21.1 Å². The van der Waals surface area contributed by atoms with Crippen LogP contribution in [0.15, 0.2) is 54.6 Å². The highest BCUT2D eigenvalue weighted by atomic mass is 35.5. The lowest BCUT2D eigenvalue weighted by molar-refractivity contribution is 0.0993. The second-order valence-corrected chi connectivity index (χ2v) is 9.16. The Hall–Kier alpha value is -3.07. The molecule has 0 saturated carbocycles. The van der Waals surface area contributed by atoms with Crippen molar-refractivity contribution in [3.63, 3.8) is 0 Å². The van der Waals surface area contributed by atoms with Crippen molar-refractivity contribution in [1.29, 1.82) is 0 Å². The molecule has 178 valence electrons. The molecule has 0 bridgehead atoms. The number of anilines is 1. The van der Waals surface area contributed by atoms with Crippen molar-refractivity contribution in [2.75, 3.05) is 38.0 Å². The minimum Gasteiger partial charge on any atom is -0.457 e. The quantitative estimate of drug-likeness (QED) is 0.519. The van der Waals surface area contributed by atoms with Crippen LogP contribution in [-0.2, 0) is 0 Å². The van der Waals surface area contributed by atoms with E-state index in [0.717, 1.165) is 67.7 Å². The lowest BCUT2D eigenvalue weighted by Gasteiger charge is -2.31. The van der Waals surface area contributed by atoms with E-state index >= 15 is 0 Å². The molecule has 8 nitrogen and oxygen atoms in total. The van der Waals surface area contributed by atoms with Crippen molar-refractivity contribution in [3.05, 3.63) is 66.0 Å². The predicted octanol–water partition coefficient (Wildman–Crippen LogP) is 3.19. The Kier molecular flexibility index (Phi) is 6.20. The number of halogens is 1. The van der Waals surface area contributed by atoms with Gasteiger partial charge in [-0.05, 0) is 67.7 Å². The van der Waals surface area contributed by atoms with Crippen LogP contribution in [0.2, 0.25) is 0 Å². The van der Waals surface area contributed by atoms with Crippen LogP contribution in [0, 0.1) is 11.8 Å². The van der Waals surface area contributed by atoms with Gasteiger partial charge in [0.25, 0.3) is 5.91 Å². The molecule has 1 aromatic heterocycles. The van der Waals surface area contributed by atoms with Gasteiger partial charge in [-0.1, -0.05) is 18.2 Å². The summed E-state index contributed by atoms with van der Waals surface area (Å²) >= 11 is 0. The number of aromatic nitrogens is 2. The Bertz CT molecular complexity index is 1150. The number of carbonyl (C=O) groups is 1. The SMILES string of the molecule is Cl.NC(=O)c1c2c(nn1-c1ccc(Oc3ccccc3)cc1)C(N1CC3CNCC3C1)CCN2. The topological polar surface area (TPSA) is 97.4 Å².